The quantitative estimate of drug-likeness (QED) is 0.264. The summed E-state index contributed by atoms with van der Waals surface area (Å²) in [7, 11) is 0. The van der Waals surface area contributed by atoms with Gasteiger partial charge in [0.25, 0.3) is 0 Å². The number of hydrogen-bond acceptors (Lipinski definition) is 7. The molecular formula is C28H41N5O4. The number of benzene rings is 2. The standard InChI is InChI=1S/C28H41N5O4/c1-20(2)37-23-10-6-9-22(17-23)18-26(34)25(12-11-21-7-4-3-5-8-21)32-28(36)24(31)19-27(35)33(15-13-29)16-14-30/h3-10,17,20,24-25H,11-16,18-19,29-31H2,1-2H3,(H,32,36)/t24-,25-/m0/s1. The number of ketones is 1. The van der Waals surface area contributed by atoms with Crippen molar-refractivity contribution in [3.05, 3.63) is 65.7 Å². The molecule has 0 saturated carbocycles. The Kier molecular flexibility index (Phi) is 12.8. The monoisotopic (exact) mass is 511 g/mol. The van der Waals surface area contributed by atoms with Crippen LogP contribution in [0, 0.1) is 0 Å². The molecule has 9 heteroatoms. The number of nitrogens with one attached hydrogen (secondary N) is 1. The molecule has 0 aromatic heterocycles. The van der Waals surface area contributed by atoms with E-state index in [0.29, 0.717) is 31.7 Å². The van der Waals surface area contributed by atoms with Crippen molar-refractivity contribution in [2.24, 2.45) is 17.2 Å². The molecule has 0 saturated heterocycles. The van der Waals surface area contributed by atoms with Crippen LogP contribution in [0.1, 0.15) is 37.8 Å². The van der Waals surface area contributed by atoms with Gasteiger partial charge in [-0.25, -0.2) is 0 Å². The Balaban J connectivity index is 2.10. The van der Waals surface area contributed by atoms with E-state index in [1.165, 1.54) is 4.90 Å². The molecule has 202 valence electrons. The van der Waals surface area contributed by atoms with Crippen molar-refractivity contribution in [1.82, 2.24) is 10.2 Å². The lowest BCUT2D eigenvalue weighted by Crippen LogP contribution is -2.51. The molecule has 2 atom stereocenters. The van der Waals surface area contributed by atoms with Gasteiger partial charge in [-0.1, -0.05) is 42.5 Å². The smallest absolute Gasteiger partial charge is 0.238 e. The second kappa shape index (κ2) is 15.8. The Morgan fingerprint density at radius 3 is 2.22 bits per heavy atom. The molecule has 2 amide bonds. The Bertz CT molecular complexity index is 993. The predicted molar refractivity (Wildman–Crippen MR) is 145 cm³/mol. The molecule has 2 aromatic carbocycles. The number of hydrogen-bond donors (Lipinski definition) is 4. The fourth-order valence-electron chi connectivity index (χ4n) is 3.96. The van der Waals surface area contributed by atoms with Crippen LogP contribution in [-0.2, 0) is 27.2 Å². The minimum absolute atomic E-state index is 0.0127. The van der Waals surface area contributed by atoms with Crippen molar-refractivity contribution in [2.75, 3.05) is 26.2 Å². The maximum atomic E-state index is 13.3. The minimum Gasteiger partial charge on any atom is -0.491 e. The third-order valence-corrected chi connectivity index (χ3v) is 5.80. The lowest BCUT2D eigenvalue weighted by molar-refractivity contribution is -0.134. The molecule has 0 aliphatic heterocycles. The van der Waals surface area contributed by atoms with Gasteiger partial charge in [-0.05, 0) is 49.9 Å². The molecule has 2 rings (SSSR count). The fourth-order valence-corrected chi connectivity index (χ4v) is 3.96. The Morgan fingerprint density at radius 2 is 1.59 bits per heavy atom. The number of carbonyl (C=O) groups is 3. The van der Waals surface area contributed by atoms with E-state index in [1.807, 2.05) is 68.4 Å². The Hall–Kier alpha value is -3.27. The first kappa shape index (κ1) is 30.0. The highest BCUT2D eigenvalue weighted by Gasteiger charge is 2.26. The first-order chi connectivity index (χ1) is 17.7. The number of carbonyl (C=O) groups excluding carboxylic acids is 3. The molecule has 37 heavy (non-hydrogen) atoms. The minimum atomic E-state index is -1.10. The molecule has 0 unspecified atom stereocenters. The zero-order valence-electron chi connectivity index (χ0n) is 21.9. The zero-order chi connectivity index (χ0) is 27.2. The van der Waals surface area contributed by atoms with E-state index in [2.05, 4.69) is 5.32 Å². The zero-order valence-corrected chi connectivity index (χ0v) is 21.9. The van der Waals surface area contributed by atoms with Crippen LogP contribution in [0.15, 0.2) is 54.6 Å². The largest absolute Gasteiger partial charge is 0.491 e. The van der Waals surface area contributed by atoms with E-state index in [4.69, 9.17) is 21.9 Å². The number of nitrogens with two attached hydrogens (primary N) is 3. The number of Topliss-reactive ketones (excluding diaryl/α,β-unsaturated/α-hetero) is 1. The molecular weight excluding hydrogens is 470 g/mol. The fraction of sp³-hybridized carbons (Fsp3) is 0.464. The van der Waals surface area contributed by atoms with E-state index in [9.17, 15) is 14.4 Å². The highest BCUT2D eigenvalue weighted by atomic mass is 16.5. The van der Waals surface area contributed by atoms with E-state index in [1.54, 1.807) is 0 Å². The maximum absolute atomic E-state index is 13.3. The summed E-state index contributed by atoms with van der Waals surface area (Å²) in [6.45, 7) is 5.11. The van der Waals surface area contributed by atoms with Crippen molar-refractivity contribution in [3.8, 4) is 5.75 Å². The lowest BCUT2D eigenvalue weighted by Gasteiger charge is -2.24. The van der Waals surface area contributed by atoms with Crippen LogP contribution in [-0.4, -0.2) is 66.9 Å². The molecule has 0 spiro atoms. The topological polar surface area (TPSA) is 154 Å². The summed E-state index contributed by atoms with van der Waals surface area (Å²) >= 11 is 0. The normalized spacial score (nSPS) is 12.6. The van der Waals surface area contributed by atoms with E-state index >= 15 is 0 Å². The van der Waals surface area contributed by atoms with Gasteiger partial charge < -0.3 is 32.2 Å². The molecule has 7 N–H and O–H groups in total. The van der Waals surface area contributed by atoms with Crippen molar-refractivity contribution in [1.29, 1.82) is 0 Å². The molecule has 0 aliphatic carbocycles. The van der Waals surface area contributed by atoms with Crippen molar-refractivity contribution >= 4 is 17.6 Å². The van der Waals surface area contributed by atoms with Crippen molar-refractivity contribution in [2.45, 2.75) is 57.7 Å². The van der Waals surface area contributed by atoms with Gasteiger partial charge in [-0.2, -0.15) is 0 Å². The van der Waals surface area contributed by atoms with Crippen LogP contribution in [0.2, 0.25) is 0 Å². The summed E-state index contributed by atoms with van der Waals surface area (Å²) in [6, 6.07) is 15.3. The average Bonchev–Trinajstić information content (AvgIpc) is 2.86. The van der Waals surface area contributed by atoms with Gasteiger partial charge in [0.2, 0.25) is 11.8 Å². The molecule has 0 heterocycles. The maximum Gasteiger partial charge on any atom is 0.238 e. The third kappa shape index (κ3) is 10.7. The number of nitrogens with zero attached hydrogens (tertiary/aromatic N) is 1. The second-order valence-corrected chi connectivity index (χ2v) is 9.31. The Labute approximate surface area is 219 Å². The molecule has 0 fully saturated rings. The van der Waals surface area contributed by atoms with E-state index < -0.39 is 18.0 Å². The third-order valence-electron chi connectivity index (χ3n) is 5.80. The van der Waals surface area contributed by atoms with Crippen LogP contribution in [0.25, 0.3) is 0 Å². The van der Waals surface area contributed by atoms with Crippen LogP contribution >= 0.6 is 0 Å². The molecule has 0 radical (unpaired) electrons. The molecule has 0 aliphatic rings. The van der Waals surface area contributed by atoms with Crippen molar-refractivity contribution < 1.29 is 19.1 Å². The summed E-state index contributed by atoms with van der Waals surface area (Å²) < 4.78 is 5.74. The number of rotatable bonds is 16. The van der Waals surface area contributed by atoms with Gasteiger partial charge in [-0.3, -0.25) is 14.4 Å². The van der Waals surface area contributed by atoms with Gasteiger partial charge in [0.15, 0.2) is 5.78 Å². The highest BCUT2D eigenvalue weighted by Crippen LogP contribution is 2.17. The first-order valence-electron chi connectivity index (χ1n) is 12.8. The van der Waals surface area contributed by atoms with E-state index in [-0.39, 0.29) is 43.7 Å². The summed E-state index contributed by atoms with van der Waals surface area (Å²) in [4.78, 5) is 40.4. The molecule has 2 aromatic rings. The van der Waals surface area contributed by atoms with Gasteiger partial charge in [-0.15, -0.1) is 0 Å². The van der Waals surface area contributed by atoms with Crippen LogP contribution in [0.4, 0.5) is 0 Å². The average molecular weight is 512 g/mol. The van der Waals surface area contributed by atoms with E-state index in [0.717, 1.165) is 11.1 Å². The molecule has 0 bridgehead atoms. The lowest BCUT2D eigenvalue weighted by atomic mass is 9.97. The summed E-state index contributed by atoms with van der Waals surface area (Å²) in [6.07, 6.45) is 0.954. The van der Waals surface area contributed by atoms with Gasteiger partial charge in [0.1, 0.15) is 5.75 Å². The second-order valence-electron chi connectivity index (χ2n) is 9.31. The molecule has 9 nitrogen and oxygen atoms in total. The summed E-state index contributed by atoms with van der Waals surface area (Å²) in [5, 5.41) is 2.80. The number of amides is 2. The van der Waals surface area contributed by atoms with Gasteiger partial charge in [0.05, 0.1) is 24.6 Å². The van der Waals surface area contributed by atoms with Gasteiger partial charge in [0, 0.05) is 32.6 Å². The SMILES string of the molecule is CC(C)Oc1cccc(CC(=O)[C@H](CCc2ccccc2)NC(=O)[C@@H](N)CC(=O)N(CCN)CCN)c1. The first-order valence-corrected chi connectivity index (χ1v) is 12.8. The Morgan fingerprint density at radius 1 is 0.946 bits per heavy atom. The predicted octanol–water partition coefficient (Wildman–Crippen LogP) is 1.17. The van der Waals surface area contributed by atoms with Crippen LogP contribution in [0.3, 0.4) is 0 Å². The summed E-state index contributed by atoms with van der Waals surface area (Å²) in [5.41, 5.74) is 19.1. The van der Waals surface area contributed by atoms with Crippen LogP contribution in [0.5, 0.6) is 5.75 Å². The summed E-state index contributed by atoms with van der Waals surface area (Å²) in [5.74, 6) is -0.299. The van der Waals surface area contributed by atoms with Crippen molar-refractivity contribution in [3.63, 3.8) is 0 Å². The highest BCUT2D eigenvalue weighted by molar-refractivity contribution is 5.93. The number of aryl methyl sites for hydroxylation is 1. The van der Waals surface area contributed by atoms with Crippen LogP contribution < -0.4 is 27.3 Å². The van der Waals surface area contributed by atoms with Gasteiger partial charge >= 0.3 is 0 Å². The number of ether oxygens (including phenoxy) is 1.